The summed E-state index contributed by atoms with van der Waals surface area (Å²) in [6.45, 7) is 6.27. The number of aromatic nitrogens is 2. The molecule has 3 heterocycles. The van der Waals surface area contributed by atoms with E-state index >= 15 is 0 Å². The first-order valence-corrected chi connectivity index (χ1v) is 7.57. The summed E-state index contributed by atoms with van der Waals surface area (Å²) in [6, 6.07) is 5.80. The zero-order valence-corrected chi connectivity index (χ0v) is 13.2. The third-order valence-electron chi connectivity index (χ3n) is 4.21. The van der Waals surface area contributed by atoms with E-state index in [0.717, 1.165) is 33.7 Å². The summed E-state index contributed by atoms with van der Waals surface area (Å²) in [5.41, 5.74) is 3.75. The zero-order valence-electron chi connectivity index (χ0n) is 13.2. The average Bonchev–Trinajstić information content (AvgIpc) is 3.14. The molecule has 0 bridgehead atoms. The number of fused-ring (bicyclic) bond motifs is 2. The zero-order chi connectivity index (χ0) is 16.2. The van der Waals surface area contributed by atoms with Crippen molar-refractivity contribution in [1.82, 2.24) is 9.97 Å². The van der Waals surface area contributed by atoms with Gasteiger partial charge in [-0.25, -0.2) is 9.78 Å². The molecular formula is C17H17N3O3. The highest BCUT2D eigenvalue weighted by atomic mass is 16.6. The summed E-state index contributed by atoms with van der Waals surface area (Å²) in [5.74, 6) is 0.740. The van der Waals surface area contributed by atoms with Gasteiger partial charge in [-0.15, -0.1) is 0 Å². The number of ether oxygens (including phenoxy) is 1. The lowest BCUT2D eigenvalue weighted by Gasteiger charge is -2.38. The number of carbonyl (C=O) groups excluding carboxylic acids is 1. The number of rotatable bonds is 2. The molecule has 0 radical (unpaired) electrons. The molecule has 0 atom stereocenters. The van der Waals surface area contributed by atoms with Gasteiger partial charge < -0.3 is 14.1 Å². The summed E-state index contributed by atoms with van der Waals surface area (Å²) >= 11 is 0. The predicted molar refractivity (Wildman–Crippen MR) is 86.3 cm³/mol. The van der Waals surface area contributed by atoms with Gasteiger partial charge in [-0.05, 0) is 39.0 Å². The highest BCUT2D eigenvalue weighted by molar-refractivity contribution is 5.95. The second-order valence-electron chi connectivity index (χ2n) is 6.11. The number of anilines is 1. The molecule has 23 heavy (non-hydrogen) atoms. The van der Waals surface area contributed by atoms with Gasteiger partial charge in [-0.2, -0.15) is 0 Å². The standard InChI is InChI=1S/C17H17N3O3/c1-4-20-14-8-13-12(7-11(14)17(2,3)23-16(20)21)18-15(19-13)10-5-6-22-9-10/h5-9H,4H2,1-3H3,(H,18,19). The number of aromatic amines is 1. The fourth-order valence-electron chi connectivity index (χ4n) is 3.01. The van der Waals surface area contributed by atoms with Crippen molar-refractivity contribution in [3.05, 3.63) is 36.3 Å². The summed E-state index contributed by atoms with van der Waals surface area (Å²) in [7, 11) is 0. The van der Waals surface area contributed by atoms with Gasteiger partial charge in [0.1, 0.15) is 17.7 Å². The quantitative estimate of drug-likeness (QED) is 0.775. The SMILES string of the molecule is CCN1C(=O)OC(C)(C)c2cc3[nH]c(-c4ccoc4)nc3cc21. The number of imidazole rings is 1. The second-order valence-corrected chi connectivity index (χ2v) is 6.11. The Kier molecular flexibility index (Phi) is 2.78. The lowest BCUT2D eigenvalue weighted by Crippen LogP contribution is -2.43. The maximum Gasteiger partial charge on any atom is 0.415 e. The number of cyclic esters (lactones) is 1. The van der Waals surface area contributed by atoms with Crippen LogP contribution in [0.4, 0.5) is 10.5 Å². The maximum atomic E-state index is 12.2. The van der Waals surface area contributed by atoms with Crippen LogP contribution >= 0.6 is 0 Å². The first-order valence-electron chi connectivity index (χ1n) is 7.57. The Labute approximate surface area is 133 Å². The minimum absolute atomic E-state index is 0.324. The molecule has 0 fully saturated rings. The number of furan rings is 1. The monoisotopic (exact) mass is 311 g/mol. The number of nitrogens with zero attached hydrogens (tertiary/aromatic N) is 2. The molecule has 4 rings (SSSR count). The first-order chi connectivity index (χ1) is 11.0. The van der Waals surface area contributed by atoms with E-state index in [2.05, 4.69) is 9.97 Å². The van der Waals surface area contributed by atoms with E-state index in [1.807, 2.05) is 39.0 Å². The van der Waals surface area contributed by atoms with Crippen molar-refractivity contribution >= 4 is 22.8 Å². The Bertz CT molecular complexity index is 893. The van der Waals surface area contributed by atoms with Crippen LogP contribution in [0.1, 0.15) is 26.3 Å². The Hall–Kier alpha value is -2.76. The number of H-pyrrole nitrogens is 1. The normalized spacial score (nSPS) is 16.5. The Balaban J connectivity index is 1.94. The highest BCUT2D eigenvalue weighted by Crippen LogP contribution is 2.40. The molecule has 3 aromatic rings. The number of hydrogen-bond donors (Lipinski definition) is 1. The second kappa shape index (κ2) is 4.62. The molecule has 1 aliphatic heterocycles. The fourth-order valence-corrected chi connectivity index (χ4v) is 3.01. The van der Waals surface area contributed by atoms with E-state index in [0.29, 0.717) is 6.54 Å². The van der Waals surface area contributed by atoms with E-state index in [1.165, 1.54) is 0 Å². The molecule has 0 unspecified atom stereocenters. The fraction of sp³-hybridized carbons (Fsp3) is 0.294. The summed E-state index contributed by atoms with van der Waals surface area (Å²) < 4.78 is 10.7. The minimum atomic E-state index is -0.673. The van der Waals surface area contributed by atoms with Crippen molar-refractivity contribution in [2.24, 2.45) is 0 Å². The van der Waals surface area contributed by atoms with E-state index in [1.54, 1.807) is 17.4 Å². The highest BCUT2D eigenvalue weighted by Gasteiger charge is 2.38. The number of hydrogen-bond acceptors (Lipinski definition) is 4. The molecule has 1 aliphatic rings. The molecule has 6 heteroatoms. The van der Waals surface area contributed by atoms with Gasteiger partial charge in [0.15, 0.2) is 0 Å². The van der Waals surface area contributed by atoms with Crippen molar-refractivity contribution in [2.45, 2.75) is 26.4 Å². The van der Waals surface area contributed by atoms with Gasteiger partial charge in [0, 0.05) is 12.1 Å². The van der Waals surface area contributed by atoms with E-state index in [-0.39, 0.29) is 6.09 Å². The molecule has 1 amide bonds. The van der Waals surface area contributed by atoms with Crippen LogP contribution in [-0.4, -0.2) is 22.6 Å². The van der Waals surface area contributed by atoms with Crippen LogP contribution in [0, 0.1) is 0 Å². The summed E-state index contributed by atoms with van der Waals surface area (Å²) in [5, 5.41) is 0. The average molecular weight is 311 g/mol. The molecule has 6 nitrogen and oxygen atoms in total. The largest absolute Gasteiger partial charge is 0.472 e. The molecule has 2 aromatic heterocycles. The Morgan fingerprint density at radius 1 is 1.35 bits per heavy atom. The van der Waals surface area contributed by atoms with Crippen molar-refractivity contribution in [3.8, 4) is 11.4 Å². The van der Waals surface area contributed by atoms with Gasteiger partial charge >= 0.3 is 6.09 Å². The first kappa shape index (κ1) is 13.9. The van der Waals surface area contributed by atoms with Crippen molar-refractivity contribution in [2.75, 3.05) is 11.4 Å². The van der Waals surface area contributed by atoms with Crippen LogP contribution < -0.4 is 4.90 Å². The number of nitrogens with one attached hydrogen (secondary N) is 1. The third kappa shape index (κ3) is 2.02. The van der Waals surface area contributed by atoms with Gasteiger partial charge in [-0.3, -0.25) is 4.90 Å². The molecule has 1 N–H and O–H groups in total. The molecule has 0 aliphatic carbocycles. The van der Waals surface area contributed by atoms with Crippen molar-refractivity contribution in [3.63, 3.8) is 0 Å². The molecule has 0 saturated carbocycles. The number of carbonyl (C=O) groups is 1. The predicted octanol–water partition coefficient (Wildman–Crippen LogP) is 4.03. The molecule has 118 valence electrons. The molecule has 0 saturated heterocycles. The smallest absolute Gasteiger partial charge is 0.415 e. The minimum Gasteiger partial charge on any atom is -0.472 e. The van der Waals surface area contributed by atoms with E-state index in [4.69, 9.17) is 9.15 Å². The lowest BCUT2D eigenvalue weighted by atomic mass is 9.93. The molecular weight excluding hydrogens is 294 g/mol. The van der Waals surface area contributed by atoms with Crippen LogP contribution in [0.3, 0.4) is 0 Å². The van der Waals surface area contributed by atoms with E-state index in [9.17, 15) is 4.79 Å². The van der Waals surface area contributed by atoms with E-state index < -0.39 is 5.60 Å². The number of amides is 1. The Morgan fingerprint density at radius 3 is 2.87 bits per heavy atom. The Morgan fingerprint density at radius 2 is 2.17 bits per heavy atom. The number of benzene rings is 1. The lowest BCUT2D eigenvalue weighted by molar-refractivity contribution is 0.0354. The van der Waals surface area contributed by atoms with Crippen molar-refractivity contribution < 1.29 is 13.9 Å². The van der Waals surface area contributed by atoms with Crippen LogP contribution in [0.2, 0.25) is 0 Å². The third-order valence-corrected chi connectivity index (χ3v) is 4.21. The molecule has 1 aromatic carbocycles. The van der Waals surface area contributed by atoms with Crippen LogP contribution in [-0.2, 0) is 10.3 Å². The van der Waals surface area contributed by atoms with Crippen LogP contribution in [0.5, 0.6) is 0 Å². The topological polar surface area (TPSA) is 71.4 Å². The van der Waals surface area contributed by atoms with Gasteiger partial charge in [-0.1, -0.05) is 0 Å². The summed E-state index contributed by atoms with van der Waals surface area (Å²) in [6.07, 6.45) is 2.93. The van der Waals surface area contributed by atoms with Crippen LogP contribution in [0.15, 0.2) is 35.1 Å². The van der Waals surface area contributed by atoms with Gasteiger partial charge in [0.2, 0.25) is 0 Å². The van der Waals surface area contributed by atoms with Crippen LogP contribution in [0.25, 0.3) is 22.4 Å². The van der Waals surface area contributed by atoms with Gasteiger partial charge in [0.25, 0.3) is 0 Å². The maximum absolute atomic E-state index is 12.2. The van der Waals surface area contributed by atoms with Gasteiger partial charge in [0.05, 0.1) is 28.5 Å². The van der Waals surface area contributed by atoms with Crippen molar-refractivity contribution in [1.29, 1.82) is 0 Å². The molecule has 0 spiro atoms. The summed E-state index contributed by atoms with van der Waals surface area (Å²) in [4.78, 5) is 21.7.